The van der Waals surface area contributed by atoms with Gasteiger partial charge in [-0.1, -0.05) is 17.3 Å². The monoisotopic (exact) mass is 218 g/mol. The Morgan fingerprint density at radius 2 is 2.25 bits per heavy atom. The maximum Gasteiger partial charge on any atom is 0.142 e. The second-order valence-corrected chi connectivity index (χ2v) is 3.32. The van der Waals surface area contributed by atoms with Gasteiger partial charge in [-0.15, -0.1) is 0 Å². The summed E-state index contributed by atoms with van der Waals surface area (Å²) < 4.78 is 10.3. The molecular weight excluding hydrogens is 204 g/mol. The molecule has 0 aliphatic heterocycles. The third-order valence-corrected chi connectivity index (χ3v) is 2.15. The molecular formula is C12H14N2O2. The van der Waals surface area contributed by atoms with Crippen molar-refractivity contribution in [2.75, 3.05) is 11.9 Å². The molecule has 0 unspecified atom stereocenters. The van der Waals surface area contributed by atoms with Crippen molar-refractivity contribution < 1.29 is 9.26 Å². The topological polar surface area (TPSA) is 47.3 Å². The number of aromatic nitrogens is 1. The Labute approximate surface area is 94.2 Å². The first-order chi connectivity index (χ1) is 7.90. The van der Waals surface area contributed by atoms with Crippen molar-refractivity contribution in [1.29, 1.82) is 0 Å². The zero-order chi connectivity index (χ0) is 11.2. The molecule has 4 nitrogen and oxygen atoms in total. The van der Waals surface area contributed by atoms with Crippen LogP contribution in [0.2, 0.25) is 0 Å². The van der Waals surface area contributed by atoms with Gasteiger partial charge in [0.05, 0.1) is 18.5 Å². The average Bonchev–Trinajstić information content (AvgIpc) is 2.81. The predicted molar refractivity (Wildman–Crippen MR) is 61.4 cm³/mol. The van der Waals surface area contributed by atoms with Crippen LogP contribution in [-0.2, 0) is 6.54 Å². The van der Waals surface area contributed by atoms with E-state index in [-0.39, 0.29) is 0 Å². The fraction of sp³-hybridized carbons (Fsp3) is 0.250. The average molecular weight is 218 g/mol. The molecule has 0 atom stereocenters. The molecule has 1 aromatic heterocycles. The van der Waals surface area contributed by atoms with E-state index < -0.39 is 0 Å². The summed E-state index contributed by atoms with van der Waals surface area (Å²) in [5, 5.41) is 6.92. The number of hydrogen-bond acceptors (Lipinski definition) is 4. The van der Waals surface area contributed by atoms with Gasteiger partial charge in [-0.05, 0) is 19.1 Å². The lowest BCUT2D eigenvalue weighted by Crippen LogP contribution is -2.01. The van der Waals surface area contributed by atoms with Crippen LogP contribution in [0.3, 0.4) is 0 Å². The number of anilines is 1. The third-order valence-electron chi connectivity index (χ3n) is 2.15. The van der Waals surface area contributed by atoms with Gasteiger partial charge in [0, 0.05) is 12.1 Å². The number of nitrogens with zero attached hydrogens (tertiary/aromatic N) is 1. The summed E-state index contributed by atoms with van der Waals surface area (Å²) in [6.45, 7) is 3.30. The molecule has 2 aromatic rings. The third kappa shape index (κ3) is 2.53. The Kier molecular flexibility index (Phi) is 3.43. The quantitative estimate of drug-likeness (QED) is 0.838. The Morgan fingerprint density at radius 1 is 1.38 bits per heavy atom. The Bertz CT molecular complexity index is 426. The molecule has 0 aliphatic carbocycles. The van der Waals surface area contributed by atoms with E-state index in [0.29, 0.717) is 13.2 Å². The highest BCUT2D eigenvalue weighted by Crippen LogP contribution is 2.24. The molecule has 0 saturated heterocycles. The SMILES string of the molecule is CCOc1ccccc1NCc1cnoc1. The molecule has 1 aromatic carbocycles. The van der Waals surface area contributed by atoms with E-state index >= 15 is 0 Å². The molecule has 0 spiro atoms. The van der Waals surface area contributed by atoms with Crippen LogP contribution >= 0.6 is 0 Å². The lowest BCUT2D eigenvalue weighted by molar-refractivity contribution is 0.341. The molecule has 16 heavy (non-hydrogen) atoms. The van der Waals surface area contributed by atoms with Crippen LogP contribution in [0.15, 0.2) is 41.2 Å². The first kappa shape index (κ1) is 10.5. The predicted octanol–water partition coefficient (Wildman–Crippen LogP) is 2.69. The first-order valence-electron chi connectivity index (χ1n) is 5.24. The van der Waals surface area contributed by atoms with Gasteiger partial charge in [-0.25, -0.2) is 0 Å². The Morgan fingerprint density at radius 3 is 3.00 bits per heavy atom. The van der Waals surface area contributed by atoms with E-state index in [4.69, 9.17) is 9.26 Å². The van der Waals surface area contributed by atoms with Crippen LogP contribution in [0, 0.1) is 0 Å². The molecule has 1 N–H and O–H groups in total. The second kappa shape index (κ2) is 5.21. The number of benzene rings is 1. The van der Waals surface area contributed by atoms with Gasteiger partial charge in [-0.3, -0.25) is 0 Å². The van der Waals surface area contributed by atoms with Crippen LogP contribution in [0.25, 0.3) is 0 Å². The van der Waals surface area contributed by atoms with E-state index in [0.717, 1.165) is 17.0 Å². The molecule has 0 radical (unpaired) electrons. The van der Waals surface area contributed by atoms with Gasteiger partial charge in [0.1, 0.15) is 12.0 Å². The summed E-state index contributed by atoms with van der Waals surface area (Å²) >= 11 is 0. The molecule has 0 bridgehead atoms. The van der Waals surface area contributed by atoms with Crippen LogP contribution in [0.1, 0.15) is 12.5 Å². The van der Waals surface area contributed by atoms with Crippen molar-refractivity contribution in [3.8, 4) is 5.75 Å². The molecule has 0 amide bonds. The lowest BCUT2D eigenvalue weighted by atomic mass is 10.2. The van der Waals surface area contributed by atoms with Gasteiger partial charge in [-0.2, -0.15) is 0 Å². The number of para-hydroxylation sites is 2. The zero-order valence-electron chi connectivity index (χ0n) is 9.14. The van der Waals surface area contributed by atoms with Crippen LogP contribution < -0.4 is 10.1 Å². The molecule has 2 rings (SSSR count). The summed E-state index contributed by atoms with van der Waals surface area (Å²) in [7, 11) is 0. The summed E-state index contributed by atoms with van der Waals surface area (Å²) in [4.78, 5) is 0. The van der Waals surface area contributed by atoms with Gasteiger partial charge < -0.3 is 14.6 Å². The summed E-state index contributed by atoms with van der Waals surface area (Å²) in [6.07, 6.45) is 3.31. The molecule has 0 saturated carbocycles. The Hall–Kier alpha value is -1.97. The highest BCUT2D eigenvalue weighted by Gasteiger charge is 2.02. The summed E-state index contributed by atoms with van der Waals surface area (Å²) in [5.41, 5.74) is 1.98. The highest BCUT2D eigenvalue weighted by molar-refractivity contribution is 5.56. The molecule has 84 valence electrons. The minimum atomic E-state index is 0.659. The smallest absolute Gasteiger partial charge is 0.142 e. The van der Waals surface area contributed by atoms with Crippen LogP contribution in [-0.4, -0.2) is 11.8 Å². The maximum absolute atomic E-state index is 5.51. The number of ether oxygens (including phenoxy) is 1. The fourth-order valence-electron chi connectivity index (χ4n) is 1.41. The molecule has 0 fully saturated rings. The molecule has 4 heteroatoms. The maximum atomic E-state index is 5.51. The van der Waals surface area contributed by atoms with Gasteiger partial charge >= 0.3 is 0 Å². The number of hydrogen-bond donors (Lipinski definition) is 1. The minimum absolute atomic E-state index is 0.659. The van der Waals surface area contributed by atoms with Crippen molar-refractivity contribution >= 4 is 5.69 Å². The van der Waals surface area contributed by atoms with Gasteiger partial charge in [0.25, 0.3) is 0 Å². The van der Waals surface area contributed by atoms with E-state index in [2.05, 4.69) is 10.5 Å². The summed E-state index contributed by atoms with van der Waals surface area (Å²) in [6, 6.07) is 7.85. The van der Waals surface area contributed by atoms with Gasteiger partial charge in [0.2, 0.25) is 0 Å². The lowest BCUT2D eigenvalue weighted by Gasteiger charge is -2.10. The number of rotatable bonds is 5. The van der Waals surface area contributed by atoms with E-state index in [9.17, 15) is 0 Å². The van der Waals surface area contributed by atoms with E-state index in [1.54, 1.807) is 12.5 Å². The normalized spacial score (nSPS) is 10.1. The Balaban J connectivity index is 2.03. The molecule has 1 heterocycles. The fourth-order valence-corrected chi connectivity index (χ4v) is 1.41. The van der Waals surface area contributed by atoms with Crippen molar-refractivity contribution in [2.24, 2.45) is 0 Å². The number of nitrogens with one attached hydrogen (secondary N) is 1. The minimum Gasteiger partial charge on any atom is -0.492 e. The van der Waals surface area contributed by atoms with Gasteiger partial charge in [0.15, 0.2) is 0 Å². The van der Waals surface area contributed by atoms with Crippen molar-refractivity contribution in [2.45, 2.75) is 13.5 Å². The van der Waals surface area contributed by atoms with Crippen molar-refractivity contribution in [3.05, 3.63) is 42.3 Å². The first-order valence-corrected chi connectivity index (χ1v) is 5.24. The second-order valence-electron chi connectivity index (χ2n) is 3.32. The van der Waals surface area contributed by atoms with Crippen molar-refractivity contribution in [3.63, 3.8) is 0 Å². The highest BCUT2D eigenvalue weighted by atomic mass is 16.5. The standard InChI is InChI=1S/C12H14N2O2/c1-2-15-12-6-4-3-5-11(12)13-7-10-8-14-16-9-10/h3-6,8-9,13H,2,7H2,1H3. The molecule has 0 aliphatic rings. The van der Waals surface area contributed by atoms with Crippen LogP contribution in [0.4, 0.5) is 5.69 Å². The zero-order valence-corrected chi connectivity index (χ0v) is 9.14. The van der Waals surface area contributed by atoms with E-state index in [1.807, 2.05) is 31.2 Å². The largest absolute Gasteiger partial charge is 0.492 e. The summed E-state index contributed by atoms with van der Waals surface area (Å²) in [5.74, 6) is 0.862. The van der Waals surface area contributed by atoms with E-state index in [1.165, 1.54) is 0 Å². The van der Waals surface area contributed by atoms with Crippen LogP contribution in [0.5, 0.6) is 5.75 Å². The van der Waals surface area contributed by atoms with Crippen molar-refractivity contribution in [1.82, 2.24) is 5.16 Å².